The summed E-state index contributed by atoms with van der Waals surface area (Å²) in [6.45, 7) is 9.60. The van der Waals surface area contributed by atoms with Gasteiger partial charge in [0.25, 0.3) is 0 Å². The molecule has 1 atom stereocenters. The van der Waals surface area contributed by atoms with Crippen LogP contribution in [-0.2, 0) is 4.74 Å². The molecule has 0 aromatic heterocycles. The molecule has 3 nitrogen and oxygen atoms in total. The van der Waals surface area contributed by atoms with Gasteiger partial charge in [0.2, 0.25) is 0 Å². The van der Waals surface area contributed by atoms with Gasteiger partial charge < -0.3 is 9.84 Å². The normalized spacial score (nSPS) is 11.3. The Labute approximate surface area is 138 Å². The molecule has 0 spiro atoms. The van der Waals surface area contributed by atoms with Gasteiger partial charge in [-0.15, -0.1) is 0 Å². The van der Waals surface area contributed by atoms with Crippen LogP contribution in [0, 0.1) is 13.8 Å². The van der Waals surface area contributed by atoms with E-state index in [0.717, 1.165) is 24.3 Å². The lowest BCUT2D eigenvalue weighted by Gasteiger charge is -2.10. The first kappa shape index (κ1) is 19.1. The molecule has 0 saturated heterocycles. The summed E-state index contributed by atoms with van der Waals surface area (Å²) in [6.07, 6.45) is -1.09. The summed E-state index contributed by atoms with van der Waals surface area (Å²) < 4.78 is 4.83. The molecule has 0 saturated carbocycles. The molecule has 0 aliphatic rings. The Bertz CT molecular complexity index is 583. The van der Waals surface area contributed by atoms with Crippen molar-refractivity contribution in [2.24, 2.45) is 0 Å². The predicted octanol–water partition coefficient (Wildman–Crippen LogP) is 4.26. The van der Waals surface area contributed by atoms with Crippen molar-refractivity contribution < 1.29 is 14.6 Å². The minimum atomic E-state index is -1.09. The molecule has 0 fully saturated rings. The molecule has 0 aliphatic heterocycles. The number of Topliss-reactive ketones (excluding diaryl/α,β-unsaturated/α-hetero) is 1. The number of hydrogen-bond donors (Lipinski definition) is 1. The minimum absolute atomic E-state index is 0.265. The maximum atomic E-state index is 12.1. The van der Waals surface area contributed by atoms with Gasteiger partial charge in [-0.3, -0.25) is 4.79 Å². The Kier molecular flexibility index (Phi) is 8.23. The molecule has 2 rings (SSSR count). The van der Waals surface area contributed by atoms with Crippen LogP contribution in [0.5, 0.6) is 0 Å². The molecule has 1 N–H and O–H groups in total. The van der Waals surface area contributed by atoms with E-state index in [1.54, 1.807) is 24.3 Å². The molecule has 0 aliphatic carbocycles. The minimum Gasteiger partial charge on any atom is -0.382 e. The van der Waals surface area contributed by atoms with Crippen molar-refractivity contribution in [3.63, 3.8) is 0 Å². The number of rotatable bonds is 5. The first-order valence-electron chi connectivity index (χ1n) is 7.92. The fraction of sp³-hybridized carbons (Fsp3) is 0.350. The lowest BCUT2D eigenvalue weighted by molar-refractivity contribution is 0.0747. The zero-order valence-electron chi connectivity index (χ0n) is 14.4. The molecule has 3 heteroatoms. The highest BCUT2D eigenvalue weighted by Gasteiger charge is 2.18. The van der Waals surface area contributed by atoms with E-state index in [1.165, 1.54) is 0 Å². The maximum Gasteiger partial charge on any atom is 0.195 e. The molecule has 124 valence electrons. The van der Waals surface area contributed by atoms with Gasteiger partial charge in [-0.25, -0.2) is 0 Å². The van der Waals surface area contributed by atoms with E-state index in [2.05, 4.69) is 0 Å². The summed E-state index contributed by atoms with van der Waals surface area (Å²) in [5.74, 6) is -0.265. The summed E-state index contributed by atoms with van der Waals surface area (Å²) in [5, 5.41) is 10.1. The molecule has 1 unspecified atom stereocenters. The van der Waals surface area contributed by atoms with Crippen LogP contribution in [0.1, 0.15) is 47.0 Å². The summed E-state index contributed by atoms with van der Waals surface area (Å²) >= 11 is 0. The van der Waals surface area contributed by atoms with Crippen LogP contribution < -0.4 is 0 Å². The molecular formula is C20H26O3. The summed E-state index contributed by atoms with van der Waals surface area (Å²) in [6, 6.07) is 14.6. The quantitative estimate of drug-likeness (QED) is 0.839. The monoisotopic (exact) mass is 314 g/mol. The number of ether oxygens (including phenoxy) is 1. The number of ketones is 1. The standard InChI is InChI=1S/C16H16O2.C4H10O/c1-11-3-7-13(8-4-11)15(17)16(18)14-9-5-12(2)6-10-14;1-3-5-4-2/h3-10,15,17H,1-2H3;3-4H2,1-2H3. The van der Waals surface area contributed by atoms with Crippen molar-refractivity contribution in [2.75, 3.05) is 13.2 Å². The Hall–Kier alpha value is -1.97. The number of hydrogen-bond acceptors (Lipinski definition) is 3. The van der Waals surface area contributed by atoms with E-state index >= 15 is 0 Å². The van der Waals surface area contributed by atoms with Gasteiger partial charge >= 0.3 is 0 Å². The van der Waals surface area contributed by atoms with Crippen molar-refractivity contribution in [3.05, 3.63) is 70.8 Å². The number of carbonyl (C=O) groups excluding carboxylic acids is 1. The molecule has 2 aromatic carbocycles. The Morgan fingerprint density at radius 3 is 1.74 bits per heavy atom. The van der Waals surface area contributed by atoms with Gasteiger partial charge in [0.1, 0.15) is 6.10 Å². The third-order valence-corrected chi connectivity index (χ3v) is 3.39. The molecule has 0 bridgehead atoms. The van der Waals surface area contributed by atoms with Gasteiger partial charge in [-0.2, -0.15) is 0 Å². The van der Waals surface area contributed by atoms with E-state index in [9.17, 15) is 9.90 Å². The van der Waals surface area contributed by atoms with E-state index in [4.69, 9.17) is 4.74 Å². The fourth-order valence-electron chi connectivity index (χ4n) is 1.98. The number of aryl methyl sites for hydroxylation is 2. The predicted molar refractivity (Wildman–Crippen MR) is 93.8 cm³/mol. The van der Waals surface area contributed by atoms with Crippen molar-refractivity contribution >= 4 is 5.78 Å². The molecule has 23 heavy (non-hydrogen) atoms. The van der Waals surface area contributed by atoms with Crippen LogP contribution in [-0.4, -0.2) is 24.1 Å². The van der Waals surface area contributed by atoms with E-state index < -0.39 is 6.10 Å². The number of benzene rings is 2. The third-order valence-electron chi connectivity index (χ3n) is 3.39. The second-order valence-corrected chi connectivity index (χ2v) is 5.32. The number of carbonyl (C=O) groups is 1. The van der Waals surface area contributed by atoms with Crippen molar-refractivity contribution in [1.29, 1.82) is 0 Å². The Morgan fingerprint density at radius 2 is 1.35 bits per heavy atom. The Morgan fingerprint density at radius 1 is 0.913 bits per heavy atom. The molecule has 0 amide bonds. The molecule has 0 radical (unpaired) electrons. The van der Waals surface area contributed by atoms with Crippen LogP contribution >= 0.6 is 0 Å². The maximum absolute atomic E-state index is 12.1. The molecular weight excluding hydrogens is 288 g/mol. The van der Waals surface area contributed by atoms with Gasteiger partial charge in [-0.1, -0.05) is 59.7 Å². The van der Waals surface area contributed by atoms with Crippen molar-refractivity contribution in [1.82, 2.24) is 0 Å². The Balaban J connectivity index is 0.000000463. The summed E-state index contributed by atoms with van der Waals surface area (Å²) in [7, 11) is 0. The van der Waals surface area contributed by atoms with Gasteiger partial charge in [-0.05, 0) is 33.3 Å². The second-order valence-electron chi connectivity index (χ2n) is 5.32. The lowest BCUT2D eigenvalue weighted by atomic mass is 9.98. The molecule has 0 heterocycles. The largest absolute Gasteiger partial charge is 0.382 e. The van der Waals surface area contributed by atoms with Crippen LogP contribution in [0.3, 0.4) is 0 Å². The first-order chi connectivity index (χ1) is 11.0. The fourth-order valence-corrected chi connectivity index (χ4v) is 1.98. The first-order valence-corrected chi connectivity index (χ1v) is 7.92. The highest BCUT2D eigenvalue weighted by atomic mass is 16.5. The van der Waals surface area contributed by atoms with E-state index in [0.29, 0.717) is 11.1 Å². The average molecular weight is 314 g/mol. The average Bonchev–Trinajstić information content (AvgIpc) is 2.56. The molecule has 2 aromatic rings. The van der Waals surface area contributed by atoms with Crippen LogP contribution in [0.15, 0.2) is 48.5 Å². The summed E-state index contributed by atoms with van der Waals surface area (Å²) in [4.78, 5) is 12.1. The van der Waals surface area contributed by atoms with Gasteiger partial charge in [0.05, 0.1) is 0 Å². The third kappa shape index (κ3) is 6.35. The van der Waals surface area contributed by atoms with Gasteiger partial charge in [0.15, 0.2) is 5.78 Å². The van der Waals surface area contributed by atoms with Crippen LogP contribution in [0.4, 0.5) is 0 Å². The number of aliphatic hydroxyl groups is 1. The zero-order chi connectivity index (χ0) is 17.2. The van der Waals surface area contributed by atoms with E-state index in [-0.39, 0.29) is 5.78 Å². The van der Waals surface area contributed by atoms with Gasteiger partial charge in [0, 0.05) is 18.8 Å². The van der Waals surface area contributed by atoms with E-state index in [1.807, 2.05) is 52.0 Å². The van der Waals surface area contributed by atoms with Crippen LogP contribution in [0.2, 0.25) is 0 Å². The highest BCUT2D eigenvalue weighted by Crippen LogP contribution is 2.19. The SMILES string of the molecule is CCOCC.Cc1ccc(C(=O)C(O)c2ccc(C)cc2)cc1. The summed E-state index contributed by atoms with van der Waals surface area (Å²) in [5.41, 5.74) is 3.37. The lowest BCUT2D eigenvalue weighted by Crippen LogP contribution is -2.12. The second kappa shape index (κ2) is 9.93. The smallest absolute Gasteiger partial charge is 0.195 e. The van der Waals surface area contributed by atoms with Crippen molar-refractivity contribution in [3.8, 4) is 0 Å². The zero-order valence-corrected chi connectivity index (χ0v) is 14.4. The van der Waals surface area contributed by atoms with Crippen LogP contribution in [0.25, 0.3) is 0 Å². The highest BCUT2D eigenvalue weighted by molar-refractivity contribution is 5.99. The topological polar surface area (TPSA) is 46.5 Å². The van der Waals surface area contributed by atoms with Crippen molar-refractivity contribution in [2.45, 2.75) is 33.8 Å². The number of aliphatic hydroxyl groups excluding tert-OH is 1.